The fourth-order valence-corrected chi connectivity index (χ4v) is 5.18. The Labute approximate surface area is 207 Å². The maximum atomic E-state index is 13.3. The molecule has 0 saturated carbocycles. The average Bonchev–Trinajstić information content (AvgIpc) is 3.48. The lowest BCUT2D eigenvalue weighted by atomic mass is 10.2. The third-order valence-corrected chi connectivity index (χ3v) is 7.12. The Hall–Kier alpha value is -3.45. The number of fused-ring (bicyclic) bond motifs is 1. The number of anilines is 2. The van der Waals surface area contributed by atoms with Crippen LogP contribution >= 0.6 is 0 Å². The molecule has 0 radical (unpaired) electrons. The highest BCUT2D eigenvalue weighted by Gasteiger charge is 2.36. The van der Waals surface area contributed by atoms with Crippen LogP contribution < -0.4 is 11.1 Å². The van der Waals surface area contributed by atoms with Gasteiger partial charge in [-0.05, 0) is 43.7 Å². The van der Waals surface area contributed by atoms with Crippen molar-refractivity contribution >= 4 is 26.9 Å². The molecule has 36 heavy (non-hydrogen) atoms. The first-order valence-electron chi connectivity index (χ1n) is 11.3. The number of hydrogen-bond acceptors (Lipinski definition) is 7. The molecule has 9 nitrogen and oxygen atoms in total. The molecule has 0 saturated heterocycles. The molecule has 4 rings (SSSR count). The third kappa shape index (κ3) is 5.68. The molecule has 3 aromatic heterocycles. The van der Waals surface area contributed by atoms with Crippen molar-refractivity contribution in [2.24, 2.45) is 10.1 Å². The van der Waals surface area contributed by atoms with Crippen molar-refractivity contribution in [1.29, 1.82) is 0 Å². The Kier molecular flexibility index (Phi) is 8.35. The van der Waals surface area contributed by atoms with E-state index in [1.165, 1.54) is 23.0 Å². The largest absolute Gasteiger partial charge is 0.433 e. The van der Waals surface area contributed by atoms with Crippen LogP contribution in [0.2, 0.25) is 0 Å². The standard InChI is InChI=1S/C21H23F3N8OS.C2H6/c1-13-10-14(4-5-17(13)34(2,33)29-7-3-6-25)30-19-20-27-12-16(32(20)9-8-26-19)15-11-28-31-18(15)21(22,23)24;1-2/h4-5,8-12H,3,6-7,25H2,1-2H3,(H,26,30)(H,28,31);1-2H3. The van der Waals surface area contributed by atoms with E-state index < -0.39 is 21.6 Å². The van der Waals surface area contributed by atoms with Gasteiger partial charge in [0.05, 0.1) is 38.3 Å². The van der Waals surface area contributed by atoms with Crippen LogP contribution in [0.1, 0.15) is 31.5 Å². The Morgan fingerprint density at radius 1 is 1.22 bits per heavy atom. The van der Waals surface area contributed by atoms with E-state index in [9.17, 15) is 17.4 Å². The zero-order chi connectivity index (χ0) is 26.5. The zero-order valence-corrected chi connectivity index (χ0v) is 21.2. The molecule has 194 valence electrons. The van der Waals surface area contributed by atoms with Crippen LogP contribution in [0.25, 0.3) is 16.9 Å². The first kappa shape index (κ1) is 27.1. The molecule has 4 aromatic rings. The lowest BCUT2D eigenvalue weighted by molar-refractivity contribution is -0.140. The second-order valence-electron chi connectivity index (χ2n) is 7.67. The van der Waals surface area contributed by atoms with E-state index in [0.717, 1.165) is 11.8 Å². The van der Waals surface area contributed by atoms with Crippen molar-refractivity contribution in [3.63, 3.8) is 0 Å². The Morgan fingerprint density at radius 3 is 2.64 bits per heavy atom. The minimum Gasteiger partial charge on any atom is -0.337 e. The normalized spacial score (nSPS) is 13.1. The second-order valence-corrected chi connectivity index (χ2v) is 9.98. The number of nitrogens with zero attached hydrogens (tertiary/aromatic N) is 5. The lowest BCUT2D eigenvalue weighted by Crippen LogP contribution is -2.08. The van der Waals surface area contributed by atoms with Crippen LogP contribution in [0.4, 0.5) is 24.7 Å². The molecule has 0 aliphatic rings. The summed E-state index contributed by atoms with van der Waals surface area (Å²) in [6.07, 6.45) is 3.11. The molecule has 1 unspecified atom stereocenters. The molecule has 0 bridgehead atoms. The number of benzene rings is 1. The maximum Gasteiger partial charge on any atom is 0.433 e. The minimum absolute atomic E-state index is 0.117. The summed E-state index contributed by atoms with van der Waals surface area (Å²) >= 11 is 0. The number of aromatic nitrogens is 5. The smallest absolute Gasteiger partial charge is 0.337 e. The van der Waals surface area contributed by atoms with E-state index in [2.05, 4.69) is 24.7 Å². The fourth-order valence-electron chi connectivity index (χ4n) is 3.59. The lowest BCUT2D eigenvalue weighted by Gasteiger charge is -2.12. The van der Waals surface area contributed by atoms with Gasteiger partial charge in [0.1, 0.15) is 5.69 Å². The van der Waals surface area contributed by atoms with Gasteiger partial charge in [-0.2, -0.15) is 18.3 Å². The van der Waals surface area contributed by atoms with Gasteiger partial charge in [0.15, 0.2) is 11.5 Å². The van der Waals surface area contributed by atoms with Gasteiger partial charge in [-0.15, -0.1) is 0 Å². The van der Waals surface area contributed by atoms with Crippen molar-refractivity contribution in [3.05, 3.63) is 54.2 Å². The number of rotatable bonds is 7. The van der Waals surface area contributed by atoms with Crippen molar-refractivity contribution < 1.29 is 17.4 Å². The first-order chi connectivity index (χ1) is 17.1. The highest BCUT2D eigenvalue weighted by atomic mass is 32.2. The van der Waals surface area contributed by atoms with E-state index >= 15 is 0 Å². The predicted molar refractivity (Wildman–Crippen MR) is 135 cm³/mol. The van der Waals surface area contributed by atoms with Crippen molar-refractivity contribution in [2.45, 2.75) is 38.3 Å². The van der Waals surface area contributed by atoms with Crippen molar-refractivity contribution in [2.75, 3.05) is 24.7 Å². The van der Waals surface area contributed by atoms with Gasteiger partial charge >= 0.3 is 6.18 Å². The Morgan fingerprint density at radius 2 is 1.97 bits per heavy atom. The van der Waals surface area contributed by atoms with Gasteiger partial charge in [-0.25, -0.2) is 18.5 Å². The monoisotopic (exact) mass is 522 g/mol. The quantitative estimate of drug-likeness (QED) is 0.293. The van der Waals surface area contributed by atoms with E-state index in [4.69, 9.17) is 5.73 Å². The summed E-state index contributed by atoms with van der Waals surface area (Å²) < 4.78 is 58.8. The van der Waals surface area contributed by atoms with Gasteiger partial charge in [0.25, 0.3) is 0 Å². The zero-order valence-electron chi connectivity index (χ0n) is 20.4. The van der Waals surface area contributed by atoms with Gasteiger partial charge in [0, 0.05) is 30.9 Å². The van der Waals surface area contributed by atoms with Gasteiger partial charge in [-0.3, -0.25) is 9.50 Å². The summed E-state index contributed by atoms with van der Waals surface area (Å²) in [5, 5.41) is 8.70. The van der Waals surface area contributed by atoms with E-state index in [-0.39, 0.29) is 11.3 Å². The number of alkyl halides is 3. The number of hydrogen-bond donors (Lipinski definition) is 3. The summed E-state index contributed by atoms with van der Waals surface area (Å²) in [5.41, 5.74) is 6.41. The van der Waals surface area contributed by atoms with E-state index in [0.29, 0.717) is 41.6 Å². The maximum absolute atomic E-state index is 13.3. The van der Waals surface area contributed by atoms with Crippen molar-refractivity contribution in [3.8, 4) is 11.3 Å². The number of H-pyrrole nitrogens is 1. The topological polar surface area (TPSA) is 126 Å². The molecule has 4 N–H and O–H groups in total. The van der Waals surface area contributed by atoms with Crippen LogP contribution in [-0.4, -0.2) is 48.1 Å². The van der Waals surface area contributed by atoms with Crippen LogP contribution in [-0.2, 0) is 15.9 Å². The SMILES string of the molecule is CC.Cc1cc(Nc2nccn3c(-c4cn[nH]c4C(F)(F)F)cnc23)ccc1S(C)(=O)=NCCCN. The Balaban J connectivity index is 0.00000176. The van der Waals surface area contributed by atoms with E-state index in [1.54, 1.807) is 18.4 Å². The molecule has 0 amide bonds. The minimum atomic E-state index is -4.59. The summed E-state index contributed by atoms with van der Waals surface area (Å²) in [6.45, 7) is 6.74. The van der Waals surface area contributed by atoms with Crippen LogP contribution in [0.3, 0.4) is 0 Å². The summed E-state index contributed by atoms with van der Waals surface area (Å²) in [4.78, 5) is 9.19. The van der Waals surface area contributed by atoms with Gasteiger partial charge < -0.3 is 11.1 Å². The summed E-state index contributed by atoms with van der Waals surface area (Å²) in [6, 6.07) is 5.30. The number of nitrogens with one attached hydrogen (secondary N) is 2. The third-order valence-electron chi connectivity index (χ3n) is 5.17. The fraction of sp³-hybridized carbons (Fsp3) is 0.348. The Bertz CT molecular complexity index is 1450. The number of aryl methyl sites for hydroxylation is 1. The summed E-state index contributed by atoms with van der Waals surface area (Å²) in [5.74, 6) is 0.350. The molecule has 0 aliphatic heterocycles. The molecule has 0 fully saturated rings. The summed E-state index contributed by atoms with van der Waals surface area (Å²) in [7, 11) is -2.57. The van der Waals surface area contributed by atoms with Gasteiger partial charge in [-0.1, -0.05) is 13.8 Å². The molecule has 0 spiro atoms. The molecular weight excluding hydrogens is 493 g/mol. The number of imidazole rings is 1. The molecule has 3 heterocycles. The number of aromatic amines is 1. The van der Waals surface area contributed by atoms with Crippen LogP contribution in [0.15, 0.2) is 52.2 Å². The molecule has 1 atom stereocenters. The first-order valence-corrected chi connectivity index (χ1v) is 13.2. The average molecular weight is 523 g/mol. The number of nitrogens with two attached hydrogens (primary N) is 1. The van der Waals surface area contributed by atoms with Crippen LogP contribution in [0.5, 0.6) is 0 Å². The van der Waals surface area contributed by atoms with Crippen LogP contribution in [0, 0.1) is 6.92 Å². The van der Waals surface area contributed by atoms with E-state index in [1.807, 2.05) is 31.9 Å². The highest BCUT2D eigenvalue weighted by Crippen LogP contribution is 2.36. The number of halogens is 3. The molecular formula is C23H29F3N8OS. The van der Waals surface area contributed by atoms with Crippen molar-refractivity contribution in [1.82, 2.24) is 24.6 Å². The predicted octanol–water partition coefficient (Wildman–Crippen LogP) is 5.02. The second kappa shape index (κ2) is 11.1. The molecule has 13 heteroatoms. The molecule has 1 aromatic carbocycles. The van der Waals surface area contributed by atoms with Gasteiger partial charge in [0.2, 0.25) is 0 Å². The molecule has 0 aliphatic carbocycles. The highest BCUT2D eigenvalue weighted by molar-refractivity contribution is 7.93.